The molecule has 6 nitrogen and oxygen atoms in total. The average Bonchev–Trinajstić information content (AvgIpc) is 2.48. The summed E-state index contributed by atoms with van der Waals surface area (Å²) in [5.41, 5.74) is 3.20. The molecule has 0 aliphatic carbocycles. The molecule has 0 saturated heterocycles. The van der Waals surface area contributed by atoms with Gasteiger partial charge in [-0.25, -0.2) is 11.7 Å². The van der Waals surface area contributed by atoms with Gasteiger partial charge in [-0.1, -0.05) is 27.7 Å². The highest BCUT2D eigenvalue weighted by molar-refractivity contribution is 5.86. The van der Waals surface area contributed by atoms with Crippen LogP contribution >= 0.6 is 0 Å². The normalized spacial score (nSPS) is 12.1. The average molecular weight is 272 g/mol. The summed E-state index contributed by atoms with van der Waals surface area (Å²) in [6.07, 6.45) is 2.97. The van der Waals surface area contributed by atoms with Crippen LogP contribution in [0.1, 0.15) is 59.8 Å². The van der Waals surface area contributed by atoms with Crippen molar-refractivity contribution >= 4 is 11.8 Å². The first-order chi connectivity index (χ1) is 8.91. The van der Waals surface area contributed by atoms with Crippen LogP contribution in [0.2, 0.25) is 0 Å². The highest BCUT2D eigenvalue weighted by Crippen LogP contribution is 2.43. The van der Waals surface area contributed by atoms with Gasteiger partial charge in [0.05, 0.1) is 10.8 Å². The number of nitrogens with one attached hydrogen (secondary N) is 2. The highest BCUT2D eigenvalue weighted by Gasteiger charge is 2.45. The van der Waals surface area contributed by atoms with Crippen molar-refractivity contribution < 1.29 is 9.59 Å². The van der Waals surface area contributed by atoms with E-state index in [4.69, 9.17) is 11.7 Å². The van der Waals surface area contributed by atoms with Gasteiger partial charge < -0.3 is 0 Å². The van der Waals surface area contributed by atoms with E-state index < -0.39 is 10.8 Å². The fourth-order valence-corrected chi connectivity index (χ4v) is 2.76. The van der Waals surface area contributed by atoms with E-state index in [1.807, 2.05) is 27.7 Å². The minimum Gasteiger partial charge on any atom is -0.294 e. The summed E-state index contributed by atoms with van der Waals surface area (Å²) < 4.78 is 0. The Labute approximate surface area is 115 Å². The lowest BCUT2D eigenvalue weighted by atomic mass is 9.65. The second-order valence-corrected chi connectivity index (χ2v) is 5.10. The summed E-state index contributed by atoms with van der Waals surface area (Å²) in [4.78, 5) is 24.2. The summed E-state index contributed by atoms with van der Waals surface area (Å²) in [5, 5.41) is 0. The number of carbonyl (C=O) groups excluding carboxylic acids is 2. The van der Waals surface area contributed by atoms with Gasteiger partial charge in [-0.2, -0.15) is 0 Å². The Hall–Kier alpha value is -1.14. The van der Waals surface area contributed by atoms with Gasteiger partial charge >= 0.3 is 0 Å². The number of rotatable bonds is 8. The molecule has 0 bridgehead atoms. The molecule has 6 heteroatoms. The summed E-state index contributed by atoms with van der Waals surface area (Å²) >= 11 is 0. The second kappa shape index (κ2) is 7.45. The van der Waals surface area contributed by atoms with Gasteiger partial charge in [0.2, 0.25) is 11.8 Å². The van der Waals surface area contributed by atoms with Crippen LogP contribution in [-0.4, -0.2) is 11.8 Å². The van der Waals surface area contributed by atoms with Crippen LogP contribution in [-0.2, 0) is 9.59 Å². The van der Waals surface area contributed by atoms with Crippen molar-refractivity contribution in [1.82, 2.24) is 10.9 Å². The molecular formula is C13H28N4O2. The quantitative estimate of drug-likeness (QED) is 0.300. The Balaban J connectivity index is 5.50. The van der Waals surface area contributed by atoms with Crippen molar-refractivity contribution in [3.8, 4) is 0 Å². The van der Waals surface area contributed by atoms with Gasteiger partial charge in [-0.15, -0.1) is 0 Å². The van der Waals surface area contributed by atoms with Crippen LogP contribution in [0.4, 0.5) is 0 Å². The minimum atomic E-state index is -0.632. The lowest BCUT2D eigenvalue weighted by Crippen LogP contribution is -2.51. The summed E-state index contributed by atoms with van der Waals surface area (Å²) in [6.45, 7) is 7.76. The molecule has 0 aromatic rings. The van der Waals surface area contributed by atoms with Crippen molar-refractivity contribution in [2.24, 2.45) is 22.5 Å². The maximum absolute atomic E-state index is 12.1. The Kier molecular flexibility index (Phi) is 7.00. The molecule has 0 heterocycles. The first-order valence-corrected chi connectivity index (χ1v) is 6.94. The Bertz CT molecular complexity index is 280. The molecule has 6 N–H and O–H groups in total. The molecule has 0 atom stereocenters. The number of nitrogens with two attached hydrogens (primary N) is 2. The molecule has 0 fully saturated rings. The van der Waals surface area contributed by atoms with Crippen LogP contribution in [0.3, 0.4) is 0 Å². The second-order valence-electron chi connectivity index (χ2n) is 5.10. The lowest BCUT2D eigenvalue weighted by molar-refractivity contribution is -0.140. The lowest BCUT2D eigenvalue weighted by Gasteiger charge is -2.39. The summed E-state index contributed by atoms with van der Waals surface area (Å²) in [6, 6.07) is 0. The largest absolute Gasteiger partial charge is 0.294 e. The molecular weight excluding hydrogens is 244 g/mol. The van der Waals surface area contributed by atoms with E-state index in [1.165, 1.54) is 0 Å². The van der Waals surface area contributed by atoms with Crippen LogP contribution in [0.5, 0.6) is 0 Å². The number of hydrogen-bond acceptors (Lipinski definition) is 4. The van der Waals surface area contributed by atoms with Gasteiger partial charge in [-0.3, -0.25) is 20.4 Å². The predicted octanol–water partition coefficient (Wildman–Crippen LogP) is 0.969. The third-order valence-electron chi connectivity index (χ3n) is 4.61. The van der Waals surface area contributed by atoms with E-state index >= 15 is 0 Å². The highest BCUT2D eigenvalue weighted by atomic mass is 16.2. The number of carbonyl (C=O) groups is 2. The maximum atomic E-state index is 12.1. The zero-order chi connectivity index (χ0) is 15.1. The first kappa shape index (κ1) is 17.9. The monoisotopic (exact) mass is 272 g/mol. The molecule has 0 aliphatic heterocycles. The third kappa shape index (κ3) is 3.45. The number of hydrogen-bond donors (Lipinski definition) is 4. The van der Waals surface area contributed by atoms with Gasteiger partial charge in [0.25, 0.3) is 0 Å². The number of hydrazine groups is 2. The zero-order valence-corrected chi connectivity index (χ0v) is 12.5. The molecule has 0 aromatic heterocycles. The van der Waals surface area contributed by atoms with Gasteiger partial charge in [0, 0.05) is 0 Å². The van der Waals surface area contributed by atoms with E-state index in [9.17, 15) is 9.59 Å². The summed E-state index contributed by atoms with van der Waals surface area (Å²) in [7, 11) is 0. The number of amides is 2. The molecule has 112 valence electrons. The predicted molar refractivity (Wildman–Crippen MR) is 75.3 cm³/mol. The van der Waals surface area contributed by atoms with Gasteiger partial charge in [0.15, 0.2) is 0 Å². The Morgan fingerprint density at radius 1 is 0.789 bits per heavy atom. The van der Waals surface area contributed by atoms with Gasteiger partial charge in [0.1, 0.15) is 0 Å². The van der Waals surface area contributed by atoms with E-state index in [0.717, 1.165) is 0 Å². The van der Waals surface area contributed by atoms with Crippen molar-refractivity contribution in [2.75, 3.05) is 0 Å². The molecule has 0 saturated carbocycles. The molecule has 0 aliphatic rings. The summed E-state index contributed by atoms with van der Waals surface area (Å²) in [5.74, 6) is 10.2. The van der Waals surface area contributed by atoms with Crippen molar-refractivity contribution in [3.05, 3.63) is 0 Å². The van der Waals surface area contributed by atoms with E-state index in [2.05, 4.69) is 10.9 Å². The van der Waals surface area contributed by atoms with E-state index in [1.54, 1.807) is 0 Å². The minimum absolute atomic E-state index is 0.214. The zero-order valence-electron chi connectivity index (χ0n) is 12.5. The molecule has 2 amide bonds. The van der Waals surface area contributed by atoms with E-state index in [-0.39, 0.29) is 11.8 Å². The maximum Gasteiger partial charge on any atom is 0.240 e. The van der Waals surface area contributed by atoms with Gasteiger partial charge in [-0.05, 0) is 32.1 Å². The van der Waals surface area contributed by atoms with Crippen molar-refractivity contribution in [3.63, 3.8) is 0 Å². The third-order valence-corrected chi connectivity index (χ3v) is 4.61. The molecule has 0 rings (SSSR count). The molecule has 0 spiro atoms. The molecule has 19 heavy (non-hydrogen) atoms. The van der Waals surface area contributed by atoms with Crippen molar-refractivity contribution in [2.45, 2.75) is 59.8 Å². The standard InChI is InChI=1S/C13H28N4O2/c1-5-12(6-2,10(18)16-14)9-13(7-3,8-4)11(19)17-15/h5-9,14-15H2,1-4H3,(H,16,18)(H,17,19). The fourth-order valence-electron chi connectivity index (χ4n) is 2.76. The Morgan fingerprint density at radius 2 is 1.05 bits per heavy atom. The Morgan fingerprint density at radius 3 is 1.21 bits per heavy atom. The first-order valence-electron chi connectivity index (χ1n) is 6.94. The van der Waals surface area contributed by atoms with Crippen molar-refractivity contribution in [1.29, 1.82) is 0 Å². The molecule has 0 unspecified atom stereocenters. The molecule has 0 aromatic carbocycles. The fraction of sp³-hybridized carbons (Fsp3) is 0.846. The van der Waals surface area contributed by atoms with Crippen LogP contribution in [0, 0.1) is 10.8 Å². The smallest absolute Gasteiger partial charge is 0.240 e. The van der Waals surface area contributed by atoms with E-state index in [0.29, 0.717) is 32.1 Å². The van der Waals surface area contributed by atoms with Crippen LogP contribution in [0.15, 0.2) is 0 Å². The topological polar surface area (TPSA) is 110 Å². The van der Waals surface area contributed by atoms with Crippen LogP contribution in [0.25, 0.3) is 0 Å². The SMILES string of the molecule is CCC(CC)(CC(CC)(CC)C(=O)NN)C(=O)NN. The molecule has 0 radical (unpaired) electrons. The van der Waals surface area contributed by atoms with Crippen LogP contribution < -0.4 is 22.5 Å².